The molecule has 30 heavy (non-hydrogen) atoms. The summed E-state index contributed by atoms with van der Waals surface area (Å²) in [6.07, 6.45) is 1.13. The maximum Gasteiger partial charge on any atom is 0.243 e. The van der Waals surface area contributed by atoms with Gasteiger partial charge < -0.3 is 14.5 Å². The molecule has 0 bridgehead atoms. The zero-order valence-electron chi connectivity index (χ0n) is 17.4. The number of rotatable bonds is 5. The van der Waals surface area contributed by atoms with Crippen molar-refractivity contribution in [3.63, 3.8) is 0 Å². The lowest BCUT2D eigenvalue weighted by Gasteiger charge is -2.35. The van der Waals surface area contributed by atoms with Gasteiger partial charge in [0, 0.05) is 50.5 Å². The molecular weight excluding hydrogens is 402 g/mol. The number of methoxy groups -OCH3 is 1. The predicted octanol–water partition coefficient (Wildman–Crippen LogP) is 2.51. The first-order valence-electron chi connectivity index (χ1n) is 10.3. The van der Waals surface area contributed by atoms with E-state index < -0.39 is 10.0 Å². The number of sulfonamides is 1. The molecule has 2 aromatic carbocycles. The minimum absolute atomic E-state index is 0.0685. The van der Waals surface area contributed by atoms with Crippen molar-refractivity contribution in [2.45, 2.75) is 24.7 Å². The van der Waals surface area contributed by atoms with Gasteiger partial charge in [-0.1, -0.05) is 6.92 Å². The van der Waals surface area contributed by atoms with E-state index >= 15 is 0 Å². The quantitative estimate of drug-likeness (QED) is 0.731. The Kier molecular flexibility index (Phi) is 5.71. The number of anilines is 2. The van der Waals surface area contributed by atoms with Gasteiger partial charge in [0.15, 0.2) is 0 Å². The minimum Gasteiger partial charge on any atom is -0.497 e. The molecule has 2 aliphatic heterocycles. The smallest absolute Gasteiger partial charge is 0.243 e. The first-order chi connectivity index (χ1) is 14.4. The largest absolute Gasteiger partial charge is 0.497 e. The fraction of sp³-hybridized carbons (Fsp3) is 0.409. The first-order valence-corrected chi connectivity index (χ1v) is 11.7. The highest BCUT2D eigenvalue weighted by molar-refractivity contribution is 7.89. The van der Waals surface area contributed by atoms with Crippen LogP contribution in [0.2, 0.25) is 0 Å². The van der Waals surface area contributed by atoms with Gasteiger partial charge in [0.25, 0.3) is 0 Å². The molecule has 8 heteroatoms. The van der Waals surface area contributed by atoms with Crippen LogP contribution >= 0.6 is 0 Å². The van der Waals surface area contributed by atoms with Gasteiger partial charge in [-0.25, -0.2) is 8.42 Å². The molecule has 0 saturated carbocycles. The van der Waals surface area contributed by atoms with Crippen LogP contribution < -0.4 is 14.5 Å². The van der Waals surface area contributed by atoms with Crippen LogP contribution in [0.1, 0.15) is 18.9 Å². The molecule has 2 aliphatic rings. The molecule has 160 valence electrons. The summed E-state index contributed by atoms with van der Waals surface area (Å²) < 4.78 is 33.1. The molecule has 1 saturated heterocycles. The molecule has 0 N–H and O–H groups in total. The summed E-state index contributed by atoms with van der Waals surface area (Å²) in [7, 11) is -1.92. The zero-order chi connectivity index (χ0) is 21.3. The van der Waals surface area contributed by atoms with Gasteiger partial charge in [0.05, 0.1) is 12.0 Å². The number of benzene rings is 2. The number of ether oxygens (including phenoxy) is 1. The number of carbonyl (C=O) groups excluding carboxylic acids is 1. The molecule has 7 nitrogen and oxygen atoms in total. The van der Waals surface area contributed by atoms with Crippen LogP contribution in [0.3, 0.4) is 0 Å². The highest BCUT2D eigenvalue weighted by Gasteiger charge is 2.31. The summed E-state index contributed by atoms with van der Waals surface area (Å²) >= 11 is 0. The number of amides is 1. The van der Waals surface area contributed by atoms with E-state index in [-0.39, 0.29) is 5.91 Å². The monoisotopic (exact) mass is 429 g/mol. The van der Waals surface area contributed by atoms with Gasteiger partial charge in [-0.05, 0) is 54.4 Å². The van der Waals surface area contributed by atoms with Crippen LogP contribution in [0, 0.1) is 0 Å². The Morgan fingerprint density at radius 2 is 1.70 bits per heavy atom. The van der Waals surface area contributed by atoms with Crippen molar-refractivity contribution in [1.29, 1.82) is 0 Å². The van der Waals surface area contributed by atoms with Gasteiger partial charge in [-0.3, -0.25) is 4.79 Å². The van der Waals surface area contributed by atoms with E-state index in [1.54, 1.807) is 34.5 Å². The third-order valence-electron chi connectivity index (χ3n) is 5.86. The van der Waals surface area contributed by atoms with Crippen LogP contribution in [-0.4, -0.2) is 58.5 Å². The van der Waals surface area contributed by atoms with Crippen molar-refractivity contribution in [3.05, 3.63) is 48.0 Å². The van der Waals surface area contributed by atoms with Gasteiger partial charge >= 0.3 is 0 Å². The molecular formula is C22H27N3O4S. The fourth-order valence-electron chi connectivity index (χ4n) is 4.12. The third kappa shape index (κ3) is 3.77. The molecule has 2 heterocycles. The molecule has 1 amide bonds. The Balaban J connectivity index is 1.46. The molecule has 0 atom stereocenters. The van der Waals surface area contributed by atoms with Crippen LogP contribution in [0.5, 0.6) is 5.75 Å². The molecule has 0 radical (unpaired) electrons. The lowest BCUT2D eigenvalue weighted by atomic mass is 10.2. The predicted molar refractivity (Wildman–Crippen MR) is 117 cm³/mol. The topological polar surface area (TPSA) is 70.2 Å². The lowest BCUT2D eigenvalue weighted by Crippen LogP contribution is -2.48. The fourth-order valence-corrected chi connectivity index (χ4v) is 5.59. The number of nitrogens with zero attached hydrogens (tertiary/aromatic N) is 3. The lowest BCUT2D eigenvalue weighted by molar-refractivity contribution is -0.118. The average molecular weight is 430 g/mol. The zero-order valence-corrected chi connectivity index (χ0v) is 18.2. The van der Waals surface area contributed by atoms with Gasteiger partial charge in [-0.15, -0.1) is 0 Å². The summed E-state index contributed by atoms with van der Waals surface area (Å²) in [4.78, 5) is 16.3. The Hall–Kier alpha value is -2.58. The van der Waals surface area contributed by atoms with E-state index in [4.69, 9.17) is 4.74 Å². The SMILES string of the molecule is CCC(=O)N1CCc2cc(S(=O)(=O)N3CCN(c4ccc(OC)cc4)CC3)ccc21. The number of fused-ring (bicyclic) bond motifs is 1. The van der Waals surface area contributed by atoms with Crippen molar-refractivity contribution in [2.75, 3.05) is 49.6 Å². The summed E-state index contributed by atoms with van der Waals surface area (Å²) in [6, 6.07) is 13.0. The second-order valence-corrected chi connectivity index (χ2v) is 9.47. The molecule has 1 fully saturated rings. The highest BCUT2D eigenvalue weighted by Crippen LogP contribution is 2.32. The standard InChI is InChI=1S/C22H27N3O4S/c1-3-22(26)25-11-10-17-16-20(8-9-21(17)25)30(27,28)24-14-12-23(13-15-24)18-4-6-19(29-2)7-5-18/h4-9,16H,3,10-15H2,1-2H3. The molecule has 2 aromatic rings. The Labute approximate surface area is 177 Å². The van der Waals surface area contributed by atoms with Crippen molar-refractivity contribution < 1.29 is 17.9 Å². The van der Waals surface area contributed by atoms with Crippen molar-refractivity contribution in [2.24, 2.45) is 0 Å². The van der Waals surface area contributed by atoms with Crippen LogP contribution in [-0.2, 0) is 21.2 Å². The Bertz CT molecular complexity index is 1030. The Morgan fingerprint density at radius 1 is 1.00 bits per heavy atom. The number of carbonyl (C=O) groups is 1. The summed E-state index contributed by atoms with van der Waals surface area (Å²) in [5.74, 6) is 0.870. The van der Waals surface area contributed by atoms with Crippen LogP contribution in [0.15, 0.2) is 47.4 Å². The van der Waals surface area contributed by atoms with Crippen molar-refractivity contribution in [3.8, 4) is 5.75 Å². The van der Waals surface area contributed by atoms with Gasteiger partial charge in [0.1, 0.15) is 5.75 Å². The van der Waals surface area contributed by atoms with Crippen LogP contribution in [0.25, 0.3) is 0 Å². The maximum absolute atomic E-state index is 13.2. The van der Waals surface area contributed by atoms with E-state index in [1.165, 1.54) is 0 Å². The van der Waals surface area contributed by atoms with Crippen molar-refractivity contribution in [1.82, 2.24) is 4.31 Å². The summed E-state index contributed by atoms with van der Waals surface area (Å²) in [5.41, 5.74) is 2.82. The van der Waals surface area contributed by atoms with Crippen LogP contribution in [0.4, 0.5) is 11.4 Å². The number of hydrogen-bond acceptors (Lipinski definition) is 5. The van der Waals surface area contributed by atoms with E-state index in [1.807, 2.05) is 31.2 Å². The molecule has 0 unspecified atom stereocenters. The van der Waals surface area contributed by atoms with Gasteiger partial charge in [-0.2, -0.15) is 4.31 Å². The summed E-state index contributed by atoms with van der Waals surface area (Å²) in [6.45, 7) is 4.60. The third-order valence-corrected chi connectivity index (χ3v) is 7.76. The number of piperazine rings is 1. The van der Waals surface area contributed by atoms with E-state index in [2.05, 4.69) is 4.90 Å². The average Bonchev–Trinajstić information content (AvgIpc) is 3.22. The minimum atomic E-state index is -3.56. The van der Waals surface area contributed by atoms with E-state index in [0.717, 1.165) is 22.7 Å². The molecule has 4 rings (SSSR count). The van der Waals surface area contributed by atoms with Gasteiger partial charge in [0.2, 0.25) is 15.9 Å². The highest BCUT2D eigenvalue weighted by atomic mass is 32.2. The summed E-state index contributed by atoms with van der Waals surface area (Å²) in [5, 5.41) is 0. The van der Waals surface area contributed by atoms with E-state index in [9.17, 15) is 13.2 Å². The maximum atomic E-state index is 13.2. The number of hydrogen-bond donors (Lipinski definition) is 0. The molecule has 0 spiro atoms. The van der Waals surface area contributed by atoms with E-state index in [0.29, 0.717) is 50.5 Å². The first kappa shape index (κ1) is 20.7. The molecule has 0 aromatic heterocycles. The Morgan fingerprint density at radius 3 is 2.33 bits per heavy atom. The second-order valence-electron chi connectivity index (χ2n) is 7.53. The second kappa shape index (κ2) is 8.28. The van der Waals surface area contributed by atoms with Crippen molar-refractivity contribution >= 4 is 27.3 Å². The normalized spacial score (nSPS) is 17.1. The molecule has 0 aliphatic carbocycles.